The Morgan fingerprint density at radius 1 is 1.30 bits per heavy atom. The summed E-state index contributed by atoms with van der Waals surface area (Å²) in [6.07, 6.45) is 0.500. The molecule has 7 heteroatoms. The number of rotatable bonds is 6. The molecule has 0 saturated heterocycles. The van der Waals surface area contributed by atoms with E-state index >= 15 is 0 Å². The number of ether oxygens (including phenoxy) is 2. The average Bonchev–Trinajstić information content (AvgIpc) is 2.58. The van der Waals surface area contributed by atoms with Crippen molar-refractivity contribution < 1.29 is 19.4 Å². The SMILES string of the molecule is COc1ccc(OC)c(C(O)CNC(=O)c2ccnc(Cl)c2)c1. The second kappa shape index (κ2) is 7.80. The first-order valence-corrected chi connectivity index (χ1v) is 7.22. The highest BCUT2D eigenvalue weighted by atomic mass is 35.5. The molecule has 0 aliphatic rings. The van der Waals surface area contributed by atoms with Gasteiger partial charge in [0.1, 0.15) is 22.8 Å². The molecule has 23 heavy (non-hydrogen) atoms. The zero-order valence-corrected chi connectivity index (χ0v) is 13.5. The van der Waals surface area contributed by atoms with Gasteiger partial charge in [-0.25, -0.2) is 4.98 Å². The van der Waals surface area contributed by atoms with Gasteiger partial charge >= 0.3 is 0 Å². The molecule has 0 aliphatic carbocycles. The molecule has 0 radical (unpaired) electrons. The highest BCUT2D eigenvalue weighted by Crippen LogP contribution is 2.29. The molecule has 2 rings (SSSR count). The molecule has 122 valence electrons. The van der Waals surface area contributed by atoms with Crippen LogP contribution < -0.4 is 14.8 Å². The predicted molar refractivity (Wildman–Crippen MR) is 86.1 cm³/mol. The number of pyridine rings is 1. The minimum Gasteiger partial charge on any atom is -0.497 e. The smallest absolute Gasteiger partial charge is 0.251 e. The van der Waals surface area contributed by atoms with E-state index < -0.39 is 6.10 Å². The first-order valence-electron chi connectivity index (χ1n) is 6.85. The van der Waals surface area contributed by atoms with Crippen LogP contribution in [0, 0.1) is 0 Å². The summed E-state index contributed by atoms with van der Waals surface area (Å²) in [4.78, 5) is 15.9. The van der Waals surface area contributed by atoms with Crippen LogP contribution in [0.3, 0.4) is 0 Å². The van der Waals surface area contributed by atoms with Gasteiger partial charge in [-0.05, 0) is 30.3 Å². The monoisotopic (exact) mass is 336 g/mol. The number of aromatic nitrogens is 1. The molecular weight excluding hydrogens is 320 g/mol. The molecule has 1 aromatic carbocycles. The molecule has 1 atom stereocenters. The van der Waals surface area contributed by atoms with E-state index in [0.29, 0.717) is 22.6 Å². The molecule has 1 heterocycles. The van der Waals surface area contributed by atoms with Crippen molar-refractivity contribution in [2.24, 2.45) is 0 Å². The van der Waals surface area contributed by atoms with Gasteiger partial charge in [0.25, 0.3) is 5.91 Å². The van der Waals surface area contributed by atoms with Gasteiger partial charge in [-0.15, -0.1) is 0 Å². The Hall–Kier alpha value is -2.31. The van der Waals surface area contributed by atoms with Gasteiger partial charge < -0.3 is 19.9 Å². The summed E-state index contributed by atoms with van der Waals surface area (Å²) in [5.41, 5.74) is 0.898. The van der Waals surface area contributed by atoms with Crippen LogP contribution in [0.5, 0.6) is 11.5 Å². The summed E-state index contributed by atoms with van der Waals surface area (Å²) in [5, 5.41) is 13.2. The largest absolute Gasteiger partial charge is 0.497 e. The molecule has 1 amide bonds. The molecule has 0 aliphatic heterocycles. The minimum absolute atomic E-state index is 0.0162. The van der Waals surface area contributed by atoms with Gasteiger partial charge in [-0.3, -0.25) is 4.79 Å². The lowest BCUT2D eigenvalue weighted by molar-refractivity contribution is 0.0914. The number of amides is 1. The number of carbonyl (C=O) groups is 1. The normalized spacial score (nSPS) is 11.7. The number of aliphatic hydroxyl groups excluding tert-OH is 1. The zero-order chi connectivity index (χ0) is 16.8. The van der Waals surface area contributed by atoms with Crippen LogP contribution in [0.1, 0.15) is 22.0 Å². The third-order valence-electron chi connectivity index (χ3n) is 3.24. The van der Waals surface area contributed by atoms with E-state index in [9.17, 15) is 9.90 Å². The number of benzene rings is 1. The van der Waals surface area contributed by atoms with Gasteiger partial charge in [0.2, 0.25) is 0 Å². The second-order valence-corrected chi connectivity index (χ2v) is 5.09. The van der Waals surface area contributed by atoms with Crippen molar-refractivity contribution in [2.75, 3.05) is 20.8 Å². The molecule has 2 N–H and O–H groups in total. The van der Waals surface area contributed by atoms with Crippen molar-refractivity contribution in [1.82, 2.24) is 10.3 Å². The summed E-state index contributed by atoms with van der Waals surface area (Å²) in [5.74, 6) is 0.752. The lowest BCUT2D eigenvalue weighted by Crippen LogP contribution is -2.28. The fourth-order valence-electron chi connectivity index (χ4n) is 2.04. The quantitative estimate of drug-likeness (QED) is 0.791. The molecule has 0 saturated carbocycles. The summed E-state index contributed by atoms with van der Waals surface area (Å²) < 4.78 is 10.4. The van der Waals surface area contributed by atoms with Gasteiger partial charge in [0.05, 0.1) is 14.2 Å². The van der Waals surface area contributed by atoms with E-state index in [4.69, 9.17) is 21.1 Å². The number of halogens is 1. The predicted octanol–water partition coefficient (Wildman–Crippen LogP) is 2.22. The van der Waals surface area contributed by atoms with Crippen LogP contribution in [-0.4, -0.2) is 36.8 Å². The van der Waals surface area contributed by atoms with E-state index in [2.05, 4.69) is 10.3 Å². The maximum absolute atomic E-state index is 12.0. The van der Waals surface area contributed by atoms with Crippen molar-refractivity contribution >= 4 is 17.5 Å². The number of methoxy groups -OCH3 is 2. The average molecular weight is 337 g/mol. The number of aliphatic hydroxyl groups is 1. The summed E-state index contributed by atoms with van der Waals surface area (Å²) >= 11 is 5.75. The van der Waals surface area contributed by atoms with Gasteiger partial charge in [0.15, 0.2) is 0 Å². The number of carbonyl (C=O) groups excluding carboxylic acids is 1. The first-order chi connectivity index (χ1) is 11.0. The standard InChI is InChI=1S/C16H17ClN2O4/c1-22-11-3-4-14(23-2)12(8-11)13(20)9-19-16(21)10-5-6-18-15(17)7-10/h3-8,13,20H,9H2,1-2H3,(H,19,21). The Bertz CT molecular complexity index is 694. The van der Waals surface area contributed by atoms with Crippen LogP contribution >= 0.6 is 11.6 Å². The van der Waals surface area contributed by atoms with Crippen LogP contribution in [0.15, 0.2) is 36.5 Å². The van der Waals surface area contributed by atoms with Crippen molar-refractivity contribution in [3.8, 4) is 11.5 Å². The third-order valence-corrected chi connectivity index (χ3v) is 3.45. The zero-order valence-electron chi connectivity index (χ0n) is 12.7. The summed E-state index contributed by atoms with van der Waals surface area (Å²) in [6, 6.07) is 8.09. The van der Waals surface area contributed by atoms with E-state index in [1.807, 2.05) is 0 Å². The highest BCUT2D eigenvalue weighted by Gasteiger charge is 2.16. The Labute approximate surface area is 139 Å². The number of hydrogen-bond acceptors (Lipinski definition) is 5. The fraction of sp³-hybridized carbons (Fsp3) is 0.250. The summed E-state index contributed by atoms with van der Waals surface area (Å²) in [7, 11) is 3.04. The van der Waals surface area contributed by atoms with Crippen molar-refractivity contribution in [3.05, 3.63) is 52.8 Å². The van der Waals surface area contributed by atoms with Crippen LogP contribution in [0.25, 0.3) is 0 Å². The van der Waals surface area contributed by atoms with E-state index in [1.165, 1.54) is 26.5 Å². The number of nitrogens with one attached hydrogen (secondary N) is 1. The maximum Gasteiger partial charge on any atom is 0.251 e. The van der Waals surface area contributed by atoms with Crippen LogP contribution in [-0.2, 0) is 0 Å². The fourth-order valence-corrected chi connectivity index (χ4v) is 2.22. The molecule has 0 spiro atoms. The lowest BCUT2D eigenvalue weighted by atomic mass is 10.1. The lowest BCUT2D eigenvalue weighted by Gasteiger charge is -2.16. The molecular formula is C16H17ClN2O4. The van der Waals surface area contributed by atoms with Crippen molar-refractivity contribution in [3.63, 3.8) is 0 Å². The van der Waals surface area contributed by atoms with Crippen molar-refractivity contribution in [1.29, 1.82) is 0 Å². The third kappa shape index (κ3) is 4.34. The summed E-state index contributed by atoms with van der Waals surface area (Å²) in [6.45, 7) is 0.0162. The molecule has 0 fully saturated rings. The Morgan fingerprint density at radius 2 is 2.09 bits per heavy atom. The van der Waals surface area contributed by atoms with E-state index in [1.54, 1.807) is 24.3 Å². The van der Waals surface area contributed by atoms with Crippen LogP contribution in [0.4, 0.5) is 0 Å². The van der Waals surface area contributed by atoms with Gasteiger partial charge in [-0.2, -0.15) is 0 Å². The second-order valence-electron chi connectivity index (χ2n) is 4.70. The first kappa shape index (κ1) is 17.1. The van der Waals surface area contributed by atoms with Gasteiger partial charge in [-0.1, -0.05) is 11.6 Å². The Kier molecular flexibility index (Phi) is 5.78. The maximum atomic E-state index is 12.0. The Balaban J connectivity index is 2.07. The van der Waals surface area contributed by atoms with E-state index in [-0.39, 0.29) is 17.6 Å². The minimum atomic E-state index is -0.943. The van der Waals surface area contributed by atoms with Crippen molar-refractivity contribution in [2.45, 2.75) is 6.10 Å². The van der Waals surface area contributed by atoms with E-state index in [0.717, 1.165) is 0 Å². The van der Waals surface area contributed by atoms with Crippen LogP contribution in [0.2, 0.25) is 5.15 Å². The molecule has 1 unspecified atom stereocenters. The number of hydrogen-bond donors (Lipinski definition) is 2. The molecule has 0 bridgehead atoms. The molecule has 2 aromatic rings. The Morgan fingerprint density at radius 3 is 2.74 bits per heavy atom. The molecule has 6 nitrogen and oxygen atoms in total. The van der Waals surface area contributed by atoms with Gasteiger partial charge in [0, 0.05) is 23.9 Å². The molecule has 1 aromatic heterocycles. The topological polar surface area (TPSA) is 80.7 Å². The number of nitrogens with zero attached hydrogens (tertiary/aromatic N) is 1. The highest BCUT2D eigenvalue weighted by molar-refractivity contribution is 6.29.